The first-order valence-electron chi connectivity index (χ1n) is 6.07. The van der Waals surface area contributed by atoms with E-state index in [2.05, 4.69) is 9.97 Å². The first-order valence-corrected chi connectivity index (χ1v) is 7.06. The molecule has 1 fully saturated rings. The second-order valence-electron chi connectivity index (χ2n) is 4.40. The number of hydrogen-bond donors (Lipinski definition) is 1. The maximum atomic E-state index is 5.82. The van der Waals surface area contributed by atoms with Gasteiger partial charge in [-0.3, -0.25) is 0 Å². The molecule has 5 heteroatoms. The highest BCUT2D eigenvalue weighted by atomic mass is 32.2. The van der Waals surface area contributed by atoms with Crippen LogP contribution >= 0.6 is 11.8 Å². The van der Waals surface area contributed by atoms with Crippen molar-refractivity contribution in [3.8, 4) is 0 Å². The van der Waals surface area contributed by atoms with E-state index in [1.807, 2.05) is 18.2 Å². The molecule has 2 heterocycles. The van der Waals surface area contributed by atoms with Crippen LogP contribution in [0.25, 0.3) is 10.9 Å². The van der Waals surface area contributed by atoms with Crippen LogP contribution in [0.1, 0.15) is 12.8 Å². The van der Waals surface area contributed by atoms with Crippen LogP contribution in [-0.4, -0.2) is 28.4 Å². The van der Waals surface area contributed by atoms with Crippen molar-refractivity contribution in [3.05, 3.63) is 24.5 Å². The Kier molecular flexibility index (Phi) is 3.34. The van der Waals surface area contributed by atoms with Gasteiger partial charge >= 0.3 is 0 Å². The Labute approximate surface area is 110 Å². The van der Waals surface area contributed by atoms with Crippen molar-refractivity contribution in [1.82, 2.24) is 9.97 Å². The minimum Gasteiger partial charge on any atom is -0.399 e. The van der Waals surface area contributed by atoms with Crippen molar-refractivity contribution in [3.63, 3.8) is 0 Å². The highest BCUT2D eigenvalue weighted by Crippen LogP contribution is 2.28. The lowest BCUT2D eigenvalue weighted by atomic mass is 10.2. The van der Waals surface area contributed by atoms with Crippen molar-refractivity contribution in [2.45, 2.75) is 24.0 Å². The fraction of sp³-hybridized carbons (Fsp3) is 0.385. The SMILES string of the molecule is Nc1ccc2ncnc(SCC3CCCO3)c2c1. The van der Waals surface area contributed by atoms with Gasteiger partial charge in [-0.1, -0.05) is 0 Å². The summed E-state index contributed by atoms with van der Waals surface area (Å²) >= 11 is 1.72. The first-order chi connectivity index (χ1) is 8.83. The smallest absolute Gasteiger partial charge is 0.117 e. The summed E-state index contributed by atoms with van der Waals surface area (Å²) in [6.07, 6.45) is 4.29. The molecule has 2 aromatic rings. The molecule has 1 aliphatic heterocycles. The van der Waals surface area contributed by atoms with Crippen LogP contribution in [0.4, 0.5) is 5.69 Å². The molecule has 0 radical (unpaired) electrons. The standard InChI is InChI=1S/C13H15N3OS/c14-9-3-4-12-11(6-9)13(16-8-15-12)18-7-10-2-1-5-17-10/h3-4,6,8,10H,1-2,5,7,14H2. The molecule has 1 aliphatic rings. The molecule has 1 unspecified atom stereocenters. The molecule has 3 rings (SSSR count). The van der Waals surface area contributed by atoms with Crippen LogP contribution in [0.2, 0.25) is 0 Å². The highest BCUT2D eigenvalue weighted by Gasteiger charge is 2.16. The van der Waals surface area contributed by atoms with Crippen LogP contribution in [-0.2, 0) is 4.74 Å². The predicted molar refractivity (Wildman–Crippen MR) is 73.6 cm³/mol. The molecule has 1 atom stereocenters. The molecule has 18 heavy (non-hydrogen) atoms. The maximum Gasteiger partial charge on any atom is 0.117 e. The number of ether oxygens (including phenoxy) is 1. The lowest BCUT2D eigenvalue weighted by Crippen LogP contribution is -2.08. The van der Waals surface area contributed by atoms with Gasteiger partial charge < -0.3 is 10.5 Å². The van der Waals surface area contributed by atoms with Gasteiger partial charge in [0.05, 0.1) is 11.6 Å². The number of anilines is 1. The van der Waals surface area contributed by atoms with Crippen LogP contribution in [0, 0.1) is 0 Å². The van der Waals surface area contributed by atoms with Gasteiger partial charge in [0.15, 0.2) is 0 Å². The van der Waals surface area contributed by atoms with Gasteiger partial charge in [0.1, 0.15) is 11.4 Å². The molecule has 94 valence electrons. The largest absolute Gasteiger partial charge is 0.399 e. The summed E-state index contributed by atoms with van der Waals surface area (Å²) < 4.78 is 5.62. The zero-order valence-corrected chi connectivity index (χ0v) is 10.8. The van der Waals surface area contributed by atoms with E-state index in [1.54, 1.807) is 18.1 Å². The molecule has 4 nitrogen and oxygen atoms in total. The van der Waals surface area contributed by atoms with E-state index in [0.29, 0.717) is 6.10 Å². The van der Waals surface area contributed by atoms with Crippen molar-refractivity contribution in [2.75, 3.05) is 18.1 Å². The first kappa shape index (κ1) is 11.7. The highest BCUT2D eigenvalue weighted by molar-refractivity contribution is 7.99. The van der Waals surface area contributed by atoms with Gasteiger partial charge in [0, 0.05) is 23.4 Å². The monoisotopic (exact) mass is 261 g/mol. The third kappa shape index (κ3) is 2.42. The lowest BCUT2D eigenvalue weighted by molar-refractivity contribution is 0.129. The van der Waals surface area contributed by atoms with E-state index < -0.39 is 0 Å². The molecular formula is C13H15N3OS. The lowest BCUT2D eigenvalue weighted by Gasteiger charge is -2.09. The van der Waals surface area contributed by atoms with Crippen LogP contribution < -0.4 is 5.73 Å². The number of rotatable bonds is 3. The van der Waals surface area contributed by atoms with Crippen molar-refractivity contribution in [2.24, 2.45) is 0 Å². The predicted octanol–water partition coefficient (Wildman–Crippen LogP) is 2.48. The van der Waals surface area contributed by atoms with Gasteiger partial charge in [-0.05, 0) is 31.0 Å². The van der Waals surface area contributed by atoms with E-state index >= 15 is 0 Å². The van der Waals surface area contributed by atoms with E-state index in [4.69, 9.17) is 10.5 Å². The van der Waals surface area contributed by atoms with E-state index in [0.717, 1.165) is 40.4 Å². The fourth-order valence-electron chi connectivity index (χ4n) is 2.11. The Balaban J connectivity index is 1.84. The van der Waals surface area contributed by atoms with Gasteiger partial charge in [0.2, 0.25) is 0 Å². The Morgan fingerprint density at radius 1 is 1.39 bits per heavy atom. The Bertz CT molecular complexity index is 555. The quantitative estimate of drug-likeness (QED) is 0.522. The van der Waals surface area contributed by atoms with E-state index in [-0.39, 0.29) is 0 Å². The fourth-order valence-corrected chi connectivity index (χ4v) is 3.16. The van der Waals surface area contributed by atoms with Gasteiger partial charge in [-0.2, -0.15) is 0 Å². The Hall–Kier alpha value is -1.33. The summed E-state index contributed by atoms with van der Waals surface area (Å²) in [4.78, 5) is 8.60. The molecule has 1 aromatic carbocycles. The average Bonchev–Trinajstić information content (AvgIpc) is 2.89. The molecule has 1 aromatic heterocycles. The zero-order valence-electron chi connectivity index (χ0n) is 10.0. The number of nitrogen functional groups attached to an aromatic ring is 1. The Morgan fingerprint density at radius 2 is 2.33 bits per heavy atom. The van der Waals surface area contributed by atoms with Gasteiger partial charge in [-0.25, -0.2) is 9.97 Å². The molecule has 0 saturated carbocycles. The molecular weight excluding hydrogens is 246 g/mol. The van der Waals surface area contributed by atoms with Crippen LogP contribution in [0.15, 0.2) is 29.6 Å². The van der Waals surface area contributed by atoms with E-state index in [9.17, 15) is 0 Å². The molecule has 0 amide bonds. The topological polar surface area (TPSA) is 61.0 Å². The summed E-state index contributed by atoms with van der Waals surface area (Å²) in [5, 5.41) is 2.02. The minimum absolute atomic E-state index is 0.362. The minimum atomic E-state index is 0.362. The number of nitrogens with two attached hydrogens (primary N) is 1. The van der Waals surface area contributed by atoms with Gasteiger partial charge in [-0.15, -0.1) is 11.8 Å². The van der Waals surface area contributed by atoms with Crippen molar-refractivity contribution in [1.29, 1.82) is 0 Å². The summed E-state index contributed by atoms with van der Waals surface area (Å²) in [6, 6.07) is 5.74. The third-order valence-electron chi connectivity index (χ3n) is 3.05. The second-order valence-corrected chi connectivity index (χ2v) is 5.41. The molecule has 0 aliphatic carbocycles. The summed E-state index contributed by atoms with van der Waals surface area (Å²) in [6.45, 7) is 0.892. The molecule has 1 saturated heterocycles. The number of thioether (sulfide) groups is 1. The zero-order chi connectivity index (χ0) is 12.4. The number of benzene rings is 1. The maximum absolute atomic E-state index is 5.82. The number of hydrogen-bond acceptors (Lipinski definition) is 5. The van der Waals surface area contributed by atoms with Gasteiger partial charge in [0.25, 0.3) is 0 Å². The molecule has 0 spiro atoms. The normalized spacial score (nSPS) is 19.4. The molecule has 0 bridgehead atoms. The molecule has 2 N–H and O–H groups in total. The van der Waals surface area contributed by atoms with Crippen molar-refractivity contribution >= 4 is 28.4 Å². The van der Waals surface area contributed by atoms with Crippen molar-refractivity contribution < 1.29 is 4.74 Å². The van der Waals surface area contributed by atoms with E-state index in [1.165, 1.54) is 6.42 Å². The number of aromatic nitrogens is 2. The summed E-state index contributed by atoms with van der Waals surface area (Å²) in [7, 11) is 0. The number of fused-ring (bicyclic) bond motifs is 1. The summed E-state index contributed by atoms with van der Waals surface area (Å²) in [5.74, 6) is 0.945. The number of nitrogens with zero attached hydrogens (tertiary/aromatic N) is 2. The van der Waals surface area contributed by atoms with Crippen LogP contribution in [0.3, 0.4) is 0 Å². The Morgan fingerprint density at radius 3 is 3.17 bits per heavy atom. The summed E-state index contributed by atoms with van der Waals surface area (Å²) in [5.41, 5.74) is 7.51. The average molecular weight is 261 g/mol. The van der Waals surface area contributed by atoms with Crippen LogP contribution in [0.5, 0.6) is 0 Å². The second kappa shape index (κ2) is 5.12. The third-order valence-corrected chi connectivity index (χ3v) is 4.19.